The molecule has 0 saturated carbocycles. The third-order valence-electron chi connectivity index (χ3n) is 2.83. The lowest BCUT2D eigenvalue weighted by molar-refractivity contribution is 0.322. The van der Waals surface area contributed by atoms with Crippen LogP contribution in [0.3, 0.4) is 0 Å². The fourth-order valence-corrected chi connectivity index (χ4v) is 3.91. The van der Waals surface area contributed by atoms with Gasteiger partial charge in [0.25, 0.3) is 0 Å². The van der Waals surface area contributed by atoms with Gasteiger partial charge >= 0.3 is 0 Å². The van der Waals surface area contributed by atoms with Gasteiger partial charge in [0.05, 0.1) is 6.61 Å². The third kappa shape index (κ3) is 4.70. The van der Waals surface area contributed by atoms with Crippen LogP contribution in [0.15, 0.2) is 34.1 Å². The summed E-state index contributed by atoms with van der Waals surface area (Å²) in [6.45, 7) is 1.27. The van der Waals surface area contributed by atoms with E-state index in [1.54, 1.807) is 11.8 Å². The first-order valence-electron chi connectivity index (χ1n) is 6.16. The zero-order valence-electron chi connectivity index (χ0n) is 10.2. The summed E-state index contributed by atoms with van der Waals surface area (Å²) in [6, 6.07) is 9.19. The topological polar surface area (TPSA) is 32.3 Å². The van der Waals surface area contributed by atoms with Crippen molar-refractivity contribution >= 4 is 36.2 Å². The Bertz CT molecular complexity index is 358. The monoisotopic (exact) mass is 301 g/mol. The summed E-state index contributed by atoms with van der Waals surface area (Å²) in [7, 11) is 0. The van der Waals surface area contributed by atoms with Gasteiger partial charge in [0.1, 0.15) is 0 Å². The van der Waals surface area contributed by atoms with Crippen LogP contribution in [0.25, 0.3) is 0 Å². The van der Waals surface area contributed by atoms with Gasteiger partial charge in [-0.15, -0.1) is 23.5 Å². The highest BCUT2D eigenvalue weighted by atomic mass is 32.2. The molecule has 0 unspecified atom stereocenters. The lowest BCUT2D eigenvalue weighted by Crippen LogP contribution is -2.23. The minimum atomic E-state index is 0.236. The van der Waals surface area contributed by atoms with E-state index in [4.69, 9.17) is 5.11 Å². The summed E-state index contributed by atoms with van der Waals surface area (Å²) in [6.07, 6.45) is 1.17. The van der Waals surface area contributed by atoms with Crippen LogP contribution in [0, 0.1) is 0 Å². The quantitative estimate of drug-likeness (QED) is 0.557. The molecule has 1 aromatic rings. The second-order valence-electron chi connectivity index (χ2n) is 4.35. The van der Waals surface area contributed by atoms with Crippen LogP contribution < -0.4 is 5.32 Å². The van der Waals surface area contributed by atoms with Gasteiger partial charge in [0.15, 0.2) is 0 Å². The van der Waals surface area contributed by atoms with Crippen LogP contribution in [0.2, 0.25) is 0 Å². The van der Waals surface area contributed by atoms with Crippen LogP contribution in [-0.4, -0.2) is 41.1 Å². The van der Waals surface area contributed by atoms with Crippen molar-refractivity contribution in [2.45, 2.75) is 27.5 Å². The summed E-state index contributed by atoms with van der Waals surface area (Å²) < 4.78 is 0. The Morgan fingerprint density at radius 1 is 1.22 bits per heavy atom. The lowest BCUT2D eigenvalue weighted by atomic mass is 10.2. The van der Waals surface area contributed by atoms with E-state index in [0.717, 1.165) is 18.1 Å². The average molecular weight is 302 g/mol. The second-order valence-corrected chi connectivity index (χ2v) is 7.34. The Labute approximate surface area is 123 Å². The number of aliphatic hydroxyl groups is 1. The summed E-state index contributed by atoms with van der Waals surface area (Å²) in [5, 5.41) is 12.8. The van der Waals surface area contributed by atoms with E-state index < -0.39 is 0 Å². The second kappa shape index (κ2) is 7.70. The highest BCUT2D eigenvalue weighted by molar-refractivity contribution is 7.99. The smallest absolute Gasteiger partial charge is 0.0525 e. The summed E-state index contributed by atoms with van der Waals surface area (Å²) in [5.41, 5.74) is 0. The molecule has 2 nitrogen and oxygen atoms in total. The van der Waals surface area contributed by atoms with Gasteiger partial charge < -0.3 is 10.4 Å². The van der Waals surface area contributed by atoms with Crippen molar-refractivity contribution in [1.82, 2.24) is 5.32 Å². The lowest BCUT2D eigenvalue weighted by Gasteiger charge is -2.09. The zero-order chi connectivity index (χ0) is 12.8. The Kier molecular flexibility index (Phi) is 6.24. The molecule has 5 heteroatoms. The first kappa shape index (κ1) is 14.6. The van der Waals surface area contributed by atoms with E-state index in [2.05, 4.69) is 42.2 Å². The predicted octanol–water partition coefficient (Wildman–Crippen LogP) is 2.52. The normalized spacial score (nSPS) is 23.4. The van der Waals surface area contributed by atoms with Crippen molar-refractivity contribution in [3.8, 4) is 0 Å². The van der Waals surface area contributed by atoms with Gasteiger partial charge in [-0.3, -0.25) is 0 Å². The molecule has 1 aliphatic heterocycles. The Morgan fingerprint density at radius 2 is 1.89 bits per heavy atom. The standard InChI is InChI=1S/C13H19NOS3/c15-5-6-17-12-1-3-13(4-2-12)18-9-10-7-11(16)8-14-10/h1-4,10-11,14-16H,5-9H2/t10-,11-/m0/s1. The molecule has 0 radical (unpaired) electrons. The Hall–Kier alpha value is 0.190. The van der Waals surface area contributed by atoms with Crippen molar-refractivity contribution in [3.05, 3.63) is 24.3 Å². The number of hydrogen-bond acceptors (Lipinski definition) is 5. The van der Waals surface area contributed by atoms with Crippen molar-refractivity contribution in [3.63, 3.8) is 0 Å². The molecule has 0 spiro atoms. The molecule has 0 aromatic heterocycles. The highest BCUT2D eigenvalue weighted by Gasteiger charge is 2.20. The summed E-state index contributed by atoms with van der Waals surface area (Å²) >= 11 is 8.07. The van der Waals surface area contributed by atoms with Gasteiger partial charge in [0.2, 0.25) is 0 Å². The molecule has 1 saturated heterocycles. The number of aliphatic hydroxyl groups excluding tert-OH is 1. The van der Waals surface area contributed by atoms with Crippen LogP contribution in [0.4, 0.5) is 0 Å². The summed E-state index contributed by atoms with van der Waals surface area (Å²) in [4.78, 5) is 2.54. The van der Waals surface area contributed by atoms with Crippen molar-refractivity contribution in [2.24, 2.45) is 0 Å². The number of benzene rings is 1. The van der Waals surface area contributed by atoms with E-state index >= 15 is 0 Å². The molecular weight excluding hydrogens is 282 g/mol. The summed E-state index contributed by atoms with van der Waals surface area (Å²) in [5.74, 6) is 1.88. The van der Waals surface area contributed by atoms with Crippen molar-refractivity contribution in [1.29, 1.82) is 0 Å². The predicted molar refractivity (Wildman–Crippen MR) is 84.2 cm³/mol. The van der Waals surface area contributed by atoms with Crippen LogP contribution in [-0.2, 0) is 0 Å². The molecule has 1 aliphatic rings. The highest BCUT2D eigenvalue weighted by Crippen LogP contribution is 2.25. The molecule has 18 heavy (non-hydrogen) atoms. The maximum atomic E-state index is 8.77. The van der Waals surface area contributed by atoms with Gasteiger partial charge in [0, 0.05) is 39.1 Å². The number of nitrogens with one attached hydrogen (secondary N) is 1. The maximum absolute atomic E-state index is 8.77. The largest absolute Gasteiger partial charge is 0.396 e. The van der Waals surface area contributed by atoms with Gasteiger partial charge in [-0.1, -0.05) is 0 Å². The van der Waals surface area contributed by atoms with Crippen molar-refractivity contribution in [2.75, 3.05) is 24.7 Å². The fourth-order valence-electron chi connectivity index (χ4n) is 1.92. The van der Waals surface area contributed by atoms with Gasteiger partial charge in [-0.2, -0.15) is 12.6 Å². The number of hydrogen-bond donors (Lipinski definition) is 3. The molecule has 0 amide bonds. The minimum Gasteiger partial charge on any atom is -0.396 e. The molecule has 2 N–H and O–H groups in total. The number of rotatable bonds is 6. The Morgan fingerprint density at radius 3 is 2.44 bits per heavy atom. The van der Waals surface area contributed by atoms with E-state index in [1.807, 2.05) is 11.8 Å². The number of thioether (sulfide) groups is 2. The molecule has 2 rings (SSSR count). The van der Waals surface area contributed by atoms with Gasteiger partial charge in [-0.25, -0.2) is 0 Å². The molecule has 1 aromatic carbocycles. The van der Waals surface area contributed by atoms with Crippen LogP contribution in [0.1, 0.15) is 6.42 Å². The molecule has 1 heterocycles. The molecule has 0 bridgehead atoms. The van der Waals surface area contributed by atoms with E-state index in [0.29, 0.717) is 11.3 Å². The number of thiol groups is 1. The maximum Gasteiger partial charge on any atom is 0.0525 e. The molecular formula is C13H19NOS3. The van der Waals surface area contributed by atoms with Crippen LogP contribution in [0.5, 0.6) is 0 Å². The molecule has 2 atom stereocenters. The molecule has 0 aliphatic carbocycles. The molecule has 100 valence electrons. The first-order chi connectivity index (χ1) is 8.78. The average Bonchev–Trinajstić information content (AvgIpc) is 2.81. The SMILES string of the molecule is OCCSc1ccc(SC[C@@H]2C[C@H](S)CN2)cc1. The molecule has 1 fully saturated rings. The van der Waals surface area contributed by atoms with E-state index in [9.17, 15) is 0 Å². The zero-order valence-corrected chi connectivity index (χ0v) is 12.7. The third-order valence-corrected chi connectivity index (χ3v) is 5.39. The van der Waals surface area contributed by atoms with Crippen molar-refractivity contribution < 1.29 is 5.11 Å². The van der Waals surface area contributed by atoms with E-state index in [-0.39, 0.29) is 6.61 Å². The fraction of sp³-hybridized carbons (Fsp3) is 0.538. The Balaban J connectivity index is 1.76. The van der Waals surface area contributed by atoms with Crippen LogP contribution >= 0.6 is 36.2 Å². The first-order valence-corrected chi connectivity index (χ1v) is 8.64. The van der Waals surface area contributed by atoms with Gasteiger partial charge in [-0.05, 0) is 30.7 Å². The minimum absolute atomic E-state index is 0.236. The van der Waals surface area contributed by atoms with E-state index in [1.165, 1.54) is 16.2 Å².